The molecule has 148 valence electrons. The van der Waals surface area contributed by atoms with Crippen molar-refractivity contribution in [2.45, 2.75) is 40.2 Å². The summed E-state index contributed by atoms with van der Waals surface area (Å²) in [7, 11) is 0. The lowest BCUT2D eigenvalue weighted by Gasteiger charge is -2.33. The highest BCUT2D eigenvalue weighted by molar-refractivity contribution is 6.18. The Labute approximate surface area is 164 Å². The number of urea groups is 1. The Kier molecular flexibility index (Phi) is 4.91. The smallest absolute Gasteiger partial charge is 0.319 e. The summed E-state index contributed by atoms with van der Waals surface area (Å²) in [5.41, 5.74) is 1.45. The lowest BCUT2D eigenvalue weighted by Crippen LogP contribution is -2.50. The zero-order chi connectivity index (χ0) is 19.8. The number of hydrogen-bond acceptors (Lipinski definition) is 3. The molecular weight excluding hydrogens is 357 g/mol. The molecule has 0 N–H and O–H groups in total. The van der Waals surface area contributed by atoms with Crippen LogP contribution in [0.15, 0.2) is 29.3 Å². The summed E-state index contributed by atoms with van der Waals surface area (Å²) in [5.74, 6) is 2.36. The maximum atomic E-state index is 14.4. The molecule has 0 aliphatic carbocycles. The first-order chi connectivity index (χ1) is 13.5. The van der Waals surface area contributed by atoms with Crippen LogP contribution in [0.4, 0.5) is 15.0 Å². The summed E-state index contributed by atoms with van der Waals surface area (Å²) in [5, 5.41) is 0. The fourth-order valence-electron chi connectivity index (χ4n) is 3.88. The predicted molar refractivity (Wildman–Crippen MR) is 107 cm³/mol. The van der Waals surface area contributed by atoms with Crippen LogP contribution in [0.3, 0.4) is 0 Å². The molecule has 0 saturated carbocycles. The number of aliphatic imine (C=N–C) groups is 1. The second-order valence-electron chi connectivity index (χ2n) is 7.77. The topological polar surface area (TPSA) is 53.7 Å². The molecule has 0 fully saturated rings. The number of benzene rings is 1. The average molecular weight is 383 g/mol. The second-order valence-corrected chi connectivity index (χ2v) is 7.77. The first kappa shape index (κ1) is 18.7. The number of amides is 2. The molecule has 0 radical (unpaired) electrons. The van der Waals surface area contributed by atoms with E-state index in [4.69, 9.17) is 4.98 Å². The lowest BCUT2D eigenvalue weighted by molar-refractivity contribution is 0.228. The fourth-order valence-corrected chi connectivity index (χ4v) is 3.88. The maximum absolute atomic E-state index is 14.4. The van der Waals surface area contributed by atoms with Gasteiger partial charge in [0.05, 0.1) is 13.1 Å². The summed E-state index contributed by atoms with van der Waals surface area (Å²) in [6.45, 7) is 8.46. The molecule has 2 amide bonds. The third kappa shape index (κ3) is 3.08. The highest BCUT2D eigenvalue weighted by Gasteiger charge is 2.41. The largest absolute Gasteiger partial charge is 0.331 e. The number of aromatic nitrogens is 2. The number of carbonyl (C=O) groups excluding carboxylic acids is 1. The molecule has 0 atom stereocenters. The molecule has 2 aliphatic heterocycles. The number of fused-ring (bicyclic) bond motifs is 3. The molecule has 1 aromatic carbocycles. The second kappa shape index (κ2) is 7.37. The molecule has 0 spiro atoms. The van der Waals surface area contributed by atoms with Gasteiger partial charge in [-0.3, -0.25) is 14.8 Å². The van der Waals surface area contributed by atoms with E-state index in [0.717, 1.165) is 24.4 Å². The van der Waals surface area contributed by atoms with Gasteiger partial charge in [0.15, 0.2) is 11.7 Å². The van der Waals surface area contributed by atoms with Crippen LogP contribution < -0.4 is 4.90 Å². The van der Waals surface area contributed by atoms with Crippen LogP contribution >= 0.6 is 0 Å². The first-order valence-corrected chi connectivity index (χ1v) is 9.97. The van der Waals surface area contributed by atoms with Crippen LogP contribution in [-0.2, 0) is 13.0 Å². The van der Waals surface area contributed by atoms with E-state index in [9.17, 15) is 9.18 Å². The summed E-state index contributed by atoms with van der Waals surface area (Å²) in [6, 6.07) is 6.76. The third-order valence-electron chi connectivity index (χ3n) is 5.12. The zero-order valence-corrected chi connectivity index (χ0v) is 16.7. The van der Waals surface area contributed by atoms with Crippen molar-refractivity contribution in [1.82, 2.24) is 14.5 Å². The molecule has 6 nitrogen and oxygen atoms in total. The first-order valence-electron chi connectivity index (χ1n) is 9.97. The van der Waals surface area contributed by atoms with E-state index in [1.165, 1.54) is 6.07 Å². The zero-order valence-electron chi connectivity index (χ0n) is 16.7. The molecule has 2 aromatic rings. The average Bonchev–Trinajstić information content (AvgIpc) is 3.26. The van der Waals surface area contributed by atoms with Crippen molar-refractivity contribution < 1.29 is 9.18 Å². The van der Waals surface area contributed by atoms with Crippen LogP contribution in [0.5, 0.6) is 0 Å². The number of anilines is 1. The number of amidine groups is 1. The Bertz CT molecular complexity index is 933. The molecule has 2 aliphatic rings. The molecule has 28 heavy (non-hydrogen) atoms. The van der Waals surface area contributed by atoms with E-state index < -0.39 is 0 Å². The summed E-state index contributed by atoms with van der Waals surface area (Å²) in [6.07, 6.45) is 1.59. The van der Waals surface area contributed by atoms with Crippen molar-refractivity contribution in [2.75, 3.05) is 24.5 Å². The molecule has 0 bridgehead atoms. The van der Waals surface area contributed by atoms with Gasteiger partial charge >= 0.3 is 6.03 Å². The highest BCUT2D eigenvalue weighted by atomic mass is 19.1. The van der Waals surface area contributed by atoms with E-state index in [1.54, 1.807) is 21.9 Å². The SMILES string of the molecule is CCCN1C(=O)N2CCN=C2c2c1nc(CC(C)C)n2Cc1ccccc1F. The Balaban J connectivity index is 1.88. The van der Waals surface area contributed by atoms with Crippen molar-refractivity contribution in [3.8, 4) is 0 Å². The van der Waals surface area contributed by atoms with Crippen LogP contribution in [0.25, 0.3) is 0 Å². The van der Waals surface area contributed by atoms with Gasteiger partial charge in [-0.2, -0.15) is 0 Å². The van der Waals surface area contributed by atoms with Gasteiger partial charge in [0.1, 0.15) is 17.3 Å². The van der Waals surface area contributed by atoms with E-state index in [1.807, 2.05) is 13.0 Å². The quantitative estimate of drug-likeness (QED) is 0.764. The number of rotatable bonds is 6. The van der Waals surface area contributed by atoms with E-state index in [0.29, 0.717) is 49.3 Å². The van der Waals surface area contributed by atoms with E-state index in [2.05, 4.69) is 23.4 Å². The molecule has 3 heterocycles. The van der Waals surface area contributed by atoms with Crippen LogP contribution in [0.2, 0.25) is 0 Å². The fraction of sp³-hybridized carbons (Fsp3) is 0.476. The van der Waals surface area contributed by atoms with Crippen LogP contribution in [0.1, 0.15) is 44.3 Å². The van der Waals surface area contributed by atoms with Gasteiger partial charge in [-0.25, -0.2) is 14.2 Å². The molecular formula is C21H26FN5O. The molecule has 0 unspecified atom stereocenters. The van der Waals surface area contributed by atoms with Crippen molar-refractivity contribution >= 4 is 17.7 Å². The number of carbonyl (C=O) groups is 1. The maximum Gasteiger partial charge on any atom is 0.331 e. The number of nitrogens with zero attached hydrogens (tertiary/aromatic N) is 5. The predicted octanol–water partition coefficient (Wildman–Crippen LogP) is 3.68. The molecule has 7 heteroatoms. The number of halogens is 1. The van der Waals surface area contributed by atoms with Gasteiger partial charge < -0.3 is 4.57 Å². The van der Waals surface area contributed by atoms with Gasteiger partial charge in [-0.1, -0.05) is 39.0 Å². The summed E-state index contributed by atoms with van der Waals surface area (Å²) in [4.78, 5) is 25.9. The molecule has 4 rings (SSSR count). The van der Waals surface area contributed by atoms with Gasteiger partial charge in [-0.15, -0.1) is 0 Å². The van der Waals surface area contributed by atoms with Gasteiger partial charge in [0.25, 0.3) is 0 Å². The Morgan fingerprint density at radius 1 is 1.25 bits per heavy atom. The third-order valence-corrected chi connectivity index (χ3v) is 5.12. The van der Waals surface area contributed by atoms with Gasteiger partial charge in [-0.05, 0) is 18.4 Å². The van der Waals surface area contributed by atoms with E-state index >= 15 is 0 Å². The van der Waals surface area contributed by atoms with Crippen molar-refractivity contribution in [3.05, 3.63) is 47.2 Å². The monoisotopic (exact) mass is 383 g/mol. The standard InChI is InChI=1S/C21H26FN5O/c1-4-10-25-20-18(19-23-9-11-26(19)21(25)28)27(17(24-20)12-14(2)3)13-15-7-5-6-8-16(15)22/h5-8,14H,4,9-13H2,1-3H3. The Hall–Kier alpha value is -2.70. The molecule has 1 aromatic heterocycles. The number of imidazole rings is 1. The van der Waals surface area contributed by atoms with Gasteiger partial charge in [0, 0.05) is 25.1 Å². The van der Waals surface area contributed by atoms with Crippen LogP contribution in [-0.4, -0.2) is 46.0 Å². The Morgan fingerprint density at radius 2 is 2.04 bits per heavy atom. The number of hydrogen-bond donors (Lipinski definition) is 0. The minimum Gasteiger partial charge on any atom is -0.319 e. The molecule has 0 saturated heterocycles. The van der Waals surface area contributed by atoms with Crippen molar-refractivity contribution in [3.63, 3.8) is 0 Å². The Morgan fingerprint density at radius 3 is 2.75 bits per heavy atom. The normalized spacial score (nSPS) is 15.9. The van der Waals surface area contributed by atoms with Crippen molar-refractivity contribution in [1.29, 1.82) is 0 Å². The summed E-state index contributed by atoms with van der Waals surface area (Å²) < 4.78 is 16.5. The van der Waals surface area contributed by atoms with Crippen LogP contribution in [0, 0.1) is 11.7 Å². The minimum absolute atomic E-state index is 0.0581. The lowest BCUT2D eigenvalue weighted by atomic mass is 10.1. The minimum atomic E-state index is -0.233. The summed E-state index contributed by atoms with van der Waals surface area (Å²) >= 11 is 0. The van der Waals surface area contributed by atoms with Crippen molar-refractivity contribution in [2.24, 2.45) is 10.9 Å². The highest BCUT2D eigenvalue weighted by Crippen LogP contribution is 2.33. The van der Waals surface area contributed by atoms with Gasteiger partial charge in [0.2, 0.25) is 0 Å². The van der Waals surface area contributed by atoms with E-state index in [-0.39, 0.29) is 11.8 Å².